The van der Waals surface area contributed by atoms with Crippen molar-refractivity contribution in [3.63, 3.8) is 0 Å². The first kappa shape index (κ1) is 21.4. The molecule has 0 saturated carbocycles. The predicted octanol–water partition coefficient (Wildman–Crippen LogP) is 2.47. The summed E-state index contributed by atoms with van der Waals surface area (Å²) < 4.78 is 22.0. The first-order valence-electron chi connectivity index (χ1n) is 9.02. The Morgan fingerprint density at radius 3 is 2.80 bits per heavy atom. The summed E-state index contributed by atoms with van der Waals surface area (Å²) in [5, 5.41) is 6.42. The zero-order valence-electron chi connectivity index (χ0n) is 16.4. The molecule has 30 heavy (non-hydrogen) atoms. The fraction of sp³-hybridized carbons (Fsp3) is 0.250. The predicted molar refractivity (Wildman–Crippen MR) is 112 cm³/mol. The molecule has 0 spiro atoms. The molecule has 1 heterocycles. The summed E-state index contributed by atoms with van der Waals surface area (Å²) in [6, 6.07) is 8.31. The maximum atomic E-state index is 12.2. The number of fused-ring (bicyclic) bond motifs is 1. The van der Waals surface area contributed by atoms with E-state index in [4.69, 9.17) is 18.9 Å². The van der Waals surface area contributed by atoms with Gasteiger partial charge in [0.25, 0.3) is 11.8 Å². The standard InChI is InChI=1S/C20H20BrN3O6/c1-3-28-19-14(21)6-12(7-17(19)27-2)9-23-24-18(25)10-22-20(26)13-4-5-15-16(8-13)30-11-29-15/h4-9H,3,10-11H2,1-2H3,(H,22,26)(H,24,25). The van der Waals surface area contributed by atoms with Gasteiger partial charge in [0.2, 0.25) is 6.79 Å². The van der Waals surface area contributed by atoms with Gasteiger partial charge < -0.3 is 24.3 Å². The molecular weight excluding hydrogens is 458 g/mol. The smallest absolute Gasteiger partial charge is 0.259 e. The quantitative estimate of drug-likeness (QED) is 0.446. The van der Waals surface area contributed by atoms with Crippen molar-refractivity contribution in [1.29, 1.82) is 0 Å². The Kier molecular flexibility index (Phi) is 7.12. The second-order valence-electron chi connectivity index (χ2n) is 6.01. The molecule has 9 nitrogen and oxygen atoms in total. The maximum Gasteiger partial charge on any atom is 0.259 e. The number of ether oxygens (including phenoxy) is 4. The third-order valence-electron chi connectivity index (χ3n) is 3.99. The summed E-state index contributed by atoms with van der Waals surface area (Å²) in [5.41, 5.74) is 3.41. The van der Waals surface area contributed by atoms with Crippen LogP contribution in [-0.2, 0) is 4.79 Å². The number of carbonyl (C=O) groups is 2. The minimum Gasteiger partial charge on any atom is -0.493 e. The highest BCUT2D eigenvalue weighted by atomic mass is 79.9. The van der Waals surface area contributed by atoms with E-state index in [1.165, 1.54) is 13.3 Å². The Morgan fingerprint density at radius 2 is 2.03 bits per heavy atom. The molecule has 0 fully saturated rings. The van der Waals surface area contributed by atoms with Gasteiger partial charge >= 0.3 is 0 Å². The number of rotatable bonds is 8. The van der Waals surface area contributed by atoms with Gasteiger partial charge in [-0.25, -0.2) is 5.43 Å². The molecular formula is C20H20BrN3O6. The molecule has 158 valence electrons. The van der Waals surface area contributed by atoms with Crippen LogP contribution in [0.1, 0.15) is 22.8 Å². The summed E-state index contributed by atoms with van der Waals surface area (Å²) in [6.45, 7) is 2.26. The molecule has 2 aromatic carbocycles. The van der Waals surface area contributed by atoms with Crippen molar-refractivity contribution in [3.8, 4) is 23.0 Å². The fourth-order valence-electron chi connectivity index (χ4n) is 2.62. The van der Waals surface area contributed by atoms with Gasteiger partial charge in [-0.1, -0.05) is 0 Å². The van der Waals surface area contributed by atoms with Crippen LogP contribution in [0.15, 0.2) is 39.9 Å². The summed E-state index contributed by atoms with van der Waals surface area (Å²) >= 11 is 3.42. The monoisotopic (exact) mass is 477 g/mol. The summed E-state index contributed by atoms with van der Waals surface area (Å²) in [4.78, 5) is 24.1. The van der Waals surface area contributed by atoms with E-state index in [1.54, 1.807) is 30.3 Å². The average Bonchev–Trinajstić information content (AvgIpc) is 3.21. The number of methoxy groups -OCH3 is 1. The Labute approximate surface area is 181 Å². The van der Waals surface area contributed by atoms with Gasteiger partial charge in [-0.3, -0.25) is 9.59 Å². The average molecular weight is 478 g/mol. The lowest BCUT2D eigenvalue weighted by Gasteiger charge is -2.12. The highest BCUT2D eigenvalue weighted by Gasteiger charge is 2.16. The summed E-state index contributed by atoms with van der Waals surface area (Å²) in [7, 11) is 1.54. The molecule has 3 rings (SSSR count). The van der Waals surface area contributed by atoms with E-state index in [-0.39, 0.29) is 13.3 Å². The van der Waals surface area contributed by atoms with E-state index in [0.717, 1.165) is 0 Å². The van der Waals surface area contributed by atoms with Gasteiger partial charge in [0, 0.05) is 5.56 Å². The minimum atomic E-state index is -0.475. The van der Waals surface area contributed by atoms with Crippen LogP contribution in [0.25, 0.3) is 0 Å². The van der Waals surface area contributed by atoms with E-state index in [9.17, 15) is 9.59 Å². The first-order chi connectivity index (χ1) is 14.5. The number of halogens is 1. The van der Waals surface area contributed by atoms with Crippen LogP contribution in [0.2, 0.25) is 0 Å². The van der Waals surface area contributed by atoms with Gasteiger partial charge in [0.15, 0.2) is 23.0 Å². The van der Waals surface area contributed by atoms with Gasteiger partial charge in [0.05, 0.1) is 30.9 Å². The van der Waals surface area contributed by atoms with Crippen molar-refractivity contribution in [2.75, 3.05) is 27.1 Å². The molecule has 1 aliphatic heterocycles. The summed E-state index contributed by atoms with van der Waals surface area (Å²) in [5.74, 6) is 1.32. The van der Waals surface area contributed by atoms with E-state index in [0.29, 0.717) is 45.2 Å². The largest absolute Gasteiger partial charge is 0.493 e. The number of hydrogen-bond acceptors (Lipinski definition) is 7. The van der Waals surface area contributed by atoms with Crippen LogP contribution in [-0.4, -0.2) is 45.1 Å². The van der Waals surface area contributed by atoms with E-state index < -0.39 is 11.8 Å². The minimum absolute atomic E-state index is 0.123. The lowest BCUT2D eigenvalue weighted by Crippen LogP contribution is -2.34. The Hall–Kier alpha value is -3.27. The number of hydrogen-bond donors (Lipinski definition) is 2. The lowest BCUT2D eigenvalue weighted by atomic mass is 10.2. The molecule has 10 heteroatoms. The van der Waals surface area contributed by atoms with Crippen molar-refractivity contribution in [2.24, 2.45) is 5.10 Å². The lowest BCUT2D eigenvalue weighted by molar-refractivity contribution is -0.120. The molecule has 0 aliphatic carbocycles. The van der Waals surface area contributed by atoms with Crippen LogP contribution in [0.5, 0.6) is 23.0 Å². The third kappa shape index (κ3) is 5.20. The molecule has 0 aromatic heterocycles. The van der Waals surface area contributed by atoms with Crippen LogP contribution in [0.3, 0.4) is 0 Å². The highest BCUT2D eigenvalue weighted by Crippen LogP contribution is 2.36. The molecule has 0 atom stereocenters. The normalized spacial score (nSPS) is 12.0. The molecule has 1 aliphatic rings. The Balaban J connectivity index is 1.52. The van der Waals surface area contributed by atoms with Crippen molar-refractivity contribution in [1.82, 2.24) is 10.7 Å². The van der Waals surface area contributed by atoms with Crippen LogP contribution in [0.4, 0.5) is 0 Å². The molecule has 0 saturated heterocycles. The molecule has 2 N–H and O–H groups in total. The van der Waals surface area contributed by atoms with E-state index in [1.807, 2.05) is 6.92 Å². The maximum absolute atomic E-state index is 12.2. The molecule has 0 unspecified atom stereocenters. The van der Waals surface area contributed by atoms with Gasteiger partial charge in [-0.15, -0.1) is 0 Å². The van der Waals surface area contributed by atoms with Crippen LogP contribution in [0, 0.1) is 0 Å². The number of nitrogens with zero attached hydrogens (tertiary/aromatic N) is 1. The number of amides is 2. The second kappa shape index (κ2) is 9.97. The second-order valence-corrected chi connectivity index (χ2v) is 6.87. The number of benzene rings is 2. The van der Waals surface area contributed by atoms with Gasteiger partial charge in [0.1, 0.15) is 0 Å². The highest BCUT2D eigenvalue weighted by molar-refractivity contribution is 9.10. The number of nitrogens with one attached hydrogen (secondary N) is 2. The first-order valence-corrected chi connectivity index (χ1v) is 9.81. The Morgan fingerprint density at radius 1 is 1.23 bits per heavy atom. The molecule has 0 bridgehead atoms. The van der Waals surface area contributed by atoms with E-state index >= 15 is 0 Å². The topological polar surface area (TPSA) is 107 Å². The van der Waals surface area contributed by atoms with Crippen LogP contribution >= 0.6 is 15.9 Å². The SMILES string of the molecule is CCOc1c(Br)cc(C=NNC(=O)CNC(=O)c2ccc3c(c2)OCO3)cc1OC. The van der Waals surface area contributed by atoms with Gasteiger partial charge in [-0.05, 0) is 58.7 Å². The fourth-order valence-corrected chi connectivity index (χ4v) is 3.19. The zero-order valence-corrected chi connectivity index (χ0v) is 17.9. The van der Waals surface area contributed by atoms with Crippen molar-refractivity contribution >= 4 is 34.0 Å². The third-order valence-corrected chi connectivity index (χ3v) is 4.58. The van der Waals surface area contributed by atoms with Crippen molar-refractivity contribution in [3.05, 3.63) is 45.9 Å². The number of carbonyl (C=O) groups excluding carboxylic acids is 2. The zero-order chi connectivity index (χ0) is 21.5. The Bertz CT molecular complexity index is 979. The molecule has 2 aromatic rings. The van der Waals surface area contributed by atoms with Gasteiger partial charge in [-0.2, -0.15) is 5.10 Å². The molecule has 2 amide bonds. The molecule has 0 radical (unpaired) electrons. The van der Waals surface area contributed by atoms with Crippen molar-refractivity contribution < 1.29 is 28.5 Å². The van der Waals surface area contributed by atoms with E-state index in [2.05, 4.69) is 31.8 Å². The van der Waals surface area contributed by atoms with Crippen LogP contribution < -0.4 is 29.7 Å². The number of hydrazone groups is 1. The van der Waals surface area contributed by atoms with Crippen molar-refractivity contribution in [2.45, 2.75) is 6.92 Å². The summed E-state index contributed by atoms with van der Waals surface area (Å²) in [6.07, 6.45) is 1.46.